The van der Waals surface area contributed by atoms with Crippen LogP contribution in [0.25, 0.3) is 0 Å². The van der Waals surface area contributed by atoms with Gasteiger partial charge in [0.2, 0.25) is 21.8 Å². The van der Waals surface area contributed by atoms with E-state index in [0.29, 0.717) is 6.54 Å². The van der Waals surface area contributed by atoms with Crippen LogP contribution in [0, 0.1) is 0 Å². The van der Waals surface area contributed by atoms with Gasteiger partial charge in [0.25, 0.3) is 0 Å². The summed E-state index contributed by atoms with van der Waals surface area (Å²) in [4.78, 5) is 27.6. The fourth-order valence-electron chi connectivity index (χ4n) is 3.23. The average molecular weight is 593 g/mol. The van der Waals surface area contributed by atoms with E-state index in [-0.39, 0.29) is 28.2 Å². The van der Waals surface area contributed by atoms with E-state index >= 15 is 0 Å². The lowest BCUT2D eigenvalue weighted by molar-refractivity contribution is -0.139. The normalized spacial score (nSPS) is 12.2. The molecule has 0 fully saturated rings. The Labute approximate surface area is 219 Å². The number of unbranched alkanes of at least 4 members (excludes halogenated alkanes) is 1. The standard InChI is InChI=1S/C23H28BrCl2N3O4S/c1-4-5-12-27-23(31)16(2)28(14-17-8-6-9-18(24)13-17)21(30)15-29(34(3,32)33)20-11-7-10-19(25)22(20)26/h6-11,13,16H,4-5,12,14-15H2,1-3H3,(H,27,31)/t16-/m0/s1. The maximum absolute atomic E-state index is 13.5. The van der Waals surface area contributed by atoms with Crippen molar-refractivity contribution in [3.63, 3.8) is 0 Å². The number of benzene rings is 2. The van der Waals surface area contributed by atoms with Gasteiger partial charge >= 0.3 is 0 Å². The molecule has 1 N–H and O–H groups in total. The van der Waals surface area contributed by atoms with Gasteiger partial charge in [0, 0.05) is 17.6 Å². The van der Waals surface area contributed by atoms with Crippen molar-refractivity contribution in [2.24, 2.45) is 0 Å². The second-order valence-corrected chi connectivity index (χ2v) is 11.4. The highest BCUT2D eigenvalue weighted by Gasteiger charge is 2.31. The van der Waals surface area contributed by atoms with Crippen LogP contribution in [0.1, 0.15) is 32.3 Å². The second-order valence-electron chi connectivity index (χ2n) is 7.81. The maximum atomic E-state index is 13.5. The van der Waals surface area contributed by atoms with Crippen LogP contribution in [0.3, 0.4) is 0 Å². The number of rotatable bonds is 11. The van der Waals surface area contributed by atoms with Crippen LogP contribution < -0.4 is 9.62 Å². The number of sulfonamides is 1. The monoisotopic (exact) mass is 591 g/mol. The van der Waals surface area contributed by atoms with Crippen molar-refractivity contribution >= 4 is 66.7 Å². The lowest BCUT2D eigenvalue weighted by Crippen LogP contribution is -2.51. The topological polar surface area (TPSA) is 86.8 Å². The van der Waals surface area contributed by atoms with Crippen molar-refractivity contribution in [2.75, 3.05) is 23.7 Å². The Balaban J connectivity index is 2.39. The van der Waals surface area contributed by atoms with E-state index in [2.05, 4.69) is 21.2 Å². The molecule has 2 rings (SSSR count). The van der Waals surface area contributed by atoms with Gasteiger partial charge in [0.05, 0.1) is 22.0 Å². The van der Waals surface area contributed by atoms with Crippen molar-refractivity contribution in [3.8, 4) is 0 Å². The molecule has 1 atom stereocenters. The van der Waals surface area contributed by atoms with Gasteiger partial charge < -0.3 is 10.2 Å². The Hall–Kier alpha value is -1.81. The summed E-state index contributed by atoms with van der Waals surface area (Å²) < 4.78 is 26.9. The predicted octanol–water partition coefficient (Wildman–Crippen LogP) is 4.86. The molecule has 0 spiro atoms. The van der Waals surface area contributed by atoms with Crippen molar-refractivity contribution < 1.29 is 18.0 Å². The minimum Gasteiger partial charge on any atom is -0.354 e. The minimum atomic E-state index is -3.89. The zero-order chi connectivity index (χ0) is 25.5. The second kappa shape index (κ2) is 12.8. The number of nitrogens with one attached hydrogen (secondary N) is 1. The molecule has 186 valence electrons. The molecule has 2 aromatic carbocycles. The summed E-state index contributed by atoms with van der Waals surface area (Å²) in [5.74, 6) is -0.872. The summed E-state index contributed by atoms with van der Waals surface area (Å²) in [5, 5.41) is 3.02. The first-order chi connectivity index (χ1) is 16.0. The van der Waals surface area contributed by atoms with Crippen molar-refractivity contribution in [3.05, 3.63) is 62.5 Å². The van der Waals surface area contributed by atoms with Crippen molar-refractivity contribution in [1.82, 2.24) is 10.2 Å². The molecule has 0 radical (unpaired) electrons. The quantitative estimate of drug-likeness (QED) is 0.378. The molecule has 0 saturated carbocycles. The van der Waals surface area contributed by atoms with E-state index in [1.165, 1.54) is 17.0 Å². The number of halogens is 3. The van der Waals surface area contributed by atoms with E-state index in [4.69, 9.17) is 23.2 Å². The molecule has 11 heteroatoms. The lowest BCUT2D eigenvalue weighted by Gasteiger charge is -2.31. The fourth-order valence-corrected chi connectivity index (χ4v) is 4.98. The van der Waals surface area contributed by atoms with Gasteiger partial charge in [-0.25, -0.2) is 8.42 Å². The molecule has 7 nitrogen and oxygen atoms in total. The zero-order valence-electron chi connectivity index (χ0n) is 19.2. The van der Waals surface area contributed by atoms with Gasteiger partial charge in [0.1, 0.15) is 12.6 Å². The third kappa shape index (κ3) is 7.86. The highest BCUT2D eigenvalue weighted by molar-refractivity contribution is 9.10. The van der Waals surface area contributed by atoms with Crippen LogP contribution in [0.4, 0.5) is 5.69 Å². The Bertz CT molecular complexity index is 1130. The van der Waals surface area contributed by atoms with Gasteiger partial charge in [-0.05, 0) is 43.2 Å². The van der Waals surface area contributed by atoms with Gasteiger partial charge in [-0.1, -0.05) is 70.7 Å². The summed E-state index contributed by atoms with van der Waals surface area (Å²) in [6.07, 6.45) is 2.71. The molecule has 2 amide bonds. The summed E-state index contributed by atoms with van der Waals surface area (Å²) in [6.45, 7) is 3.70. The molecule has 0 aliphatic heterocycles. The van der Waals surface area contributed by atoms with Crippen LogP contribution in [0.2, 0.25) is 10.0 Å². The van der Waals surface area contributed by atoms with Gasteiger partial charge in [-0.15, -0.1) is 0 Å². The fraction of sp³-hybridized carbons (Fsp3) is 0.391. The molecule has 0 aromatic heterocycles. The maximum Gasteiger partial charge on any atom is 0.244 e. The van der Waals surface area contributed by atoms with E-state index in [9.17, 15) is 18.0 Å². The zero-order valence-corrected chi connectivity index (χ0v) is 23.1. The third-order valence-corrected chi connectivity index (χ3v) is 7.55. The highest BCUT2D eigenvalue weighted by Crippen LogP contribution is 2.33. The summed E-state index contributed by atoms with van der Waals surface area (Å²) in [7, 11) is -3.89. The molecule has 34 heavy (non-hydrogen) atoms. The number of amides is 2. The molecule has 0 bridgehead atoms. The number of hydrogen-bond donors (Lipinski definition) is 1. The Morgan fingerprint density at radius 3 is 2.44 bits per heavy atom. The van der Waals surface area contributed by atoms with Crippen LogP contribution in [-0.4, -0.2) is 50.5 Å². The highest BCUT2D eigenvalue weighted by atomic mass is 79.9. The van der Waals surface area contributed by atoms with E-state index in [1.807, 2.05) is 31.2 Å². The van der Waals surface area contributed by atoms with E-state index < -0.39 is 28.5 Å². The Kier molecular flexibility index (Phi) is 10.7. The number of carbonyl (C=O) groups is 2. The number of carbonyl (C=O) groups excluding carboxylic acids is 2. The molecular weight excluding hydrogens is 565 g/mol. The van der Waals surface area contributed by atoms with E-state index in [0.717, 1.165) is 33.4 Å². The predicted molar refractivity (Wildman–Crippen MR) is 141 cm³/mol. The SMILES string of the molecule is CCCCNC(=O)[C@H](C)N(Cc1cccc(Br)c1)C(=O)CN(c1cccc(Cl)c1Cl)S(C)(=O)=O. The lowest BCUT2D eigenvalue weighted by atomic mass is 10.1. The average Bonchev–Trinajstić information content (AvgIpc) is 2.76. The van der Waals surface area contributed by atoms with Crippen molar-refractivity contribution in [1.29, 1.82) is 0 Å². The molecule has 0 saturated heterocycles. The molecule has 2 aromatic rings. The van der Waals surface area contributed by atoms with Crippen LogP contribution in [0.5, 0.6) is 0 Å². The number of anilines is 1. The minimum absolute atomic E-state index is 0.0197. The van der Waals surface area contributed by atoms with Gasteiger partial charge in [-0.2, -0.15) is 0 Å². The summed E-state index contributed by atoms with van der Waals surface area (Å²) in [6, 6.07) is 11.1. The largest absolute Gasteiger partial charge is 0.354 e. The number of hydrogen-bond acceptors (Lipinski definition) is 4. The molecule has 0 unspecified atom stereocenters. The molecule has 0 aliphatic carbocycles. The Morgan fingerprint density at radius 2 is 1.82 bits per heavy atom. The van der Waals surface area contributed by atoms with Crippen LogP contribution in [-0.2, 0) is 26.2 Å². The van der Waals surface area contributed by atoms with Crippen molar-refractivity contribution in [2.45, 2.75) is 39.3 Å². The van der Waals surface area contributed by atoms with Gasteiger partial charge in [-0.3, -0.25) is 13.9 Å². The smallest absolute Gasteiger partial charge is 0.244 e. The summed E-state index contributed by atoms with van der Waals surface area (Å²) >= 11 is 15.7. The first kappa shape index (κ1) is 28.4. The summed E-state index contributed by atoms with van der Waals surface area (Å²) in [5.41, 5.74) is 0.870. The molecular formula is C23H28BrCl2N3O4S. The molecule has 0 aliphatic rings. The first-order valence-corrected chi connectivity index (χ1v) is 14.1. The Morgan fingerprint density at radius 1 is 1.15 bits per heavy atom. The van der Waals surface area contributed by atoms with Crippen LogP contribution in [0.15, 0.2) is 46.9 Å². The third-order valence-electron chi connectivity index (χ3n) is 5.12. The van der Waals surface area contributed by atoms with Gasteiger partial charge in [0.15, 0.2) is 0 Å². The number of nitrogens with zero attached hydrogens (tertiary/aromatic N) is 2. The van der Waals surface area contributed by atoms with E-state index in [1.54, 1.807) is 13.0 Å². The first-order valence-electron chi connectivity index (χ1n) is 10.7. The van der Waals surface area contributed by atoms with Crippen LogP contribution >= 0.6 is 39.1 Å². The molecule has 0 heterocycles.